The van der Waals surface area contributed by atoms with Gasteiger partial charge in [-0.1, -0.05) is 49.6 Å². The average Bonchev–Trinajstić information content (AvgIpc) is 2.20. The second kappa shape index (κ2) is 5.07. The van der Waals surface area contributed by atoms with Crippen LogP contribution in [0.5, 0.6) is 5.75 Å². The maximum Gasteiger partial charge on any atom is 0.119 e. The summed E-state index contributed by atoms with van der Waals surface area (Å²) < 4.78 is 0. The Kier molecular flexibility index (Phi) is 3.74. The van der Waals surface area contributed by atoms with Gasteiger partial charge in [0.1, 0.15) is 5.75 Å². The lowest BCUT2D eigenvalue weighted by Gasteiger charge is -2.04. The first kappa shape index (κ1) is 10.3. The van der Waals surface area contributed by atoms with Crippen molar-refractivity contribution in [3.8, 4) is 5.75 Å². The van der Waals surface area contributed by atoms with Gasteiger partial charge in [-0.25, -0.2) is 0 Å². The van der Waals surface area contributed by atoms with Crippen LogP contribution in [-0.2, 0) is 6.42 Å². The third-order valence-corrected chi connectivity index (χ3v) is 1.98. The molecule has 1 rings (SSSR count). The summed E-state index contributed by atoms with van der Waals surface area (Å²) in [4.78, 5) is 0. The summed E-state index contributed by atoms with van der Waals surface area (Å²) >= 11 is 0. The molecule has 0 aromatic heterocycles. The Morgan fingerprint density at radius 1 is 1.29 bits per heavy atom. The van der Waals surface area contributed by atoms with Gasteiger partial charge in [-0.05, 0) is 17.2 Å². The Balaban J connectivity index is 2.87. The fourth-order valence-corrected chi connectivity index (χ4v) is 1.23. The molecule has 0 saturated heterocycles. The Morgan fingerprint density at radius 2 is 2.00 bits per heavy atom. The molecule has 0 radical (unpaired) electrons. The molecule has 0 amide bonds. The van der Waals surface area contributed by atoms with Crippen LogP contribution in [0.15, 0.2) is 61.2 Å². The zero-order chi connectivity index (χ0) is 10.4. The van der Waals surface area contributed by atoms with Crippen LogP contribution < -0.4 is 0 Å². The smallest absolute Gasteiger partial charge is 0.119 e. The highest BCUT2D eigenvalue weighted by molar-refractivity contribution is 5.37. The molecule has 0 heterocycles. The third kappa shape index (κ3) is 2.63. The van der Waals surface area contributed by atoms with E-state index in [0.29, 0.717) is 12.2 Å². The molecule has 72 valence electrons. The number of aromatic hydroxyl groups is 1. The van der Waals surface area contributed by atoms with Crippen molar-refractivity contribution in [2.75, 3.05) is 0 Å². The first-order valence-electron chi connectivity index (χ1n) is 4.49. The van der Waals surface area contributed by atoms with Gasteiger partial charge in [0.25, 0.3) is 0 Å². The highest BCUT2D eigenvalue weighted by atomic mass is 16.3. The lowest BCUT2D eigenvalue weighted by molar-refractivity contribution is 0.469. The second-order valence-corrected chi connectivity index (χ2v) is 2.99. The molecule has 1 nitrogen and oxygen atoms in total. The van der Waals surface area contributed by atoms with Crippen LogP contribution in [0.2, 0.25) is 0 Å². The molecule has 0 spiro atoms. The van der Waals surface area contributed by atoms with Gasteiger partial charge in [0, 0.05) is 6.42 Å². The largest absolute Gasteiger partial charge is 0.508 e. The number of benzene rings is 1. The summed E-state index contributed by atoms with van der Waals surface area (Å²) in [6.07, 6.45) is 6.06. The van der Waals surface area contributed by atoms with E-state index >= 15 is 0 Å². The first-order valence-corrected chi connectivity index (χ1v) is 4.49. The molecular formula is C13H14O. The van der Waals surface area contributed by atoms with E-state index in [1.807, 2.05) is 24.3 Å². The molecule has 0 bridgehead atoms. The van der Waals surface area contributed by atoms with Crippen molar-refractivity contribution in [3.05, 3.63) is 66.8 Å². The summed E-state index contributed by atoms with van der Waals surface area (Å²) in [6.45, 7) is 7.33. The van der Waals surface area contributed by atoms with E-state index in [1.165, 1.54) is 0 Å². The van der Waals surface area contributed by atoms with Gasteiger partial charge in [0.15, 0.2) is 0 Å². The van der Waals surface area contributed by atoms with Crippen LogP contribution in [0.25, 0.3) is 0 Å². The normalized spacial score (nSPS) is 11.0. The average molecular weight is 186 g/mol. The molecule has 0 saturated carbocycles. The van der Waals surface area contributed by atoms with E-state index < -0.39 is 0 Å². The van der Waals surface area contributed by atoms with Crippen LogP contribution in [0.1, 0.15) is 5.56 Å². The molecule has 1 N–H and O–H groups in total. The van der Waals surface area contributed by atoms with Crippen molar-refractivity contribution in [1.82, 2.24) is 0 Å². The van der Waals surface area contributed by atoms with E-state index in [0.717, 1.165) is 11.1 Å². The van der Waals surface area contributed by atoms with Crippen LogP contribution in [-0.4, -0.2) is 5.11 Å². The molecule has 0 aliphatic carbocycles. The molecule has 14 heavy (non-hydrogen) atoms. The molecule has 0 fully saturated rings. The van der Waals surface area contributed by atoms with Crippen molar-refractivity contribution >= 4 is 0 Å². The number of phenols is 1. The molecule has 0 aliphatic rings. The van der Waals surface area contributed by atoms with E-state index in [4.69, 9.17) is 0 Å². The fourth-order valence-electron chi connectivity index (χ4n) is 1.23. The van der Waals surface area contributed by atoms with Crippen molar-refractivity contribution < 1.29 is 5.11 Å². The van der Waals surface area contributed by atoms with Crippen molar-refractivity contribution in [1.29, 1.82) is 0 Å². The summed E-state index contributed by atoms with van der Waals surface area (Å²) in [5, 5.41) is 9.54. The third-order valence-electron chi connectivity index (χ3n) is 1.98. The lowest BCUT2D eigenvalue weighted by Crippen LogP contribution is -1.87. The minimum absolute atomic E-state index is 0.323. The first-order chi connectivity index (χ1) is 6.77. The zero-order valence-corrected chi connectivity index (χ0v) is 8.11. The van der Waals surface area contributed by atoms with Crippen LogP contribution >= 0.6 is 0 Å². The predicted molar refractivity (Wildman–Crippen MR) is 60.3 cm³/mol. The maximum atomic E-state index is 9.54. The lowest BCUT2D eigenvalue weighted by atomic mass is 10.0. The standard InChI is InChI=1S/C13H14O/c1-3-7-11(4-2)10-12-8-5-6-9-13(12)14/h3-9,14H,1-2,10H2/b11-7+. The summed E-state index contributed by atoms with van der Waals surface area (Å²) in [5.74, 6) is 0.323. The molecular weight excluding hydrogens is 172 g/mol. The van der Waals surface area contributed by atoms with Gasteiger partial charge in [0.2, 0.25) is 0 Å². The summed E-state index contributed by atoms with van der Waals surface area (Å²) in [5.41, 5.74) is 1.95. The molecule has 0 unspecified atom stereocenters. The molecule has 0 atom stereocenters. The van der Waals surface area contributed by atoms with Gasteiger partial charge < -0.3 is 5.11 Å². The van der Waals surface area contributed by atoms with Crippen molar-refractivity contribution in [3.63, 3.8) is 0 Å². The quantitative estimate of drug-likeness (QED) is 0.716. The van der Waals surface area contributed by atoms with Crippen LogP contribution in [0, 0.1) is 0 Å². The van der Waals surface area contributed by atoms with Gasteiger partial charge in [0.05, 0.1) is 0 Å². The van der Waals surface area contributed by atoms with Crippen LogP contribution in [0.3, 0.4) is 0 Å². The predicted octanol–water partition coefficient (Wildman–Crippen LogP) is 3.23. The number of hydrogen-bond donors (Lipinski definition) is 1. The summed E-state index contributed by atoms with van der Waals surface area (Å²) in [6, 6.07) is 7.30. The van der Waals surface area contributed by atoms with E-state index in [9.17, 15) is 5.11 Å². The van der Waals surface area contributed by atoms with Gasteiger partial charge in [-0.2, -0.15) is 0 Å². The molecule has 1 aromatic rings. The second-order valence-electron chi connectivity index (χ2n) is 2.99. The number of phenolic OH excluding ortho intramolecular Hbond substituents is 1. The fraction of sp³-hybridized carbons (Fsp3) is 0.0769. The van der Waals surface area contributed by atoms with Gasteiger partial charge >= 0.3 is 0 Å². The molecule has 1 aromatic carbocycles. The van der Waals surface area contributed by atoms with E-state index in [1.54, 1.807) is 18.2 Å². The Hall–Kier alpha value is -1.76. The van der Waals surface area contributed by atoms with Crippen molar-refractivity contribution in [2.45, 2.75) is 6.42 Å². The van der Waals surface area contributed by atoms with E-state index in [-0.39, 0.29) is 0 Å². The van der Waals surface area contributed by atoms with Crippen molar-refractivity contribution in [2.24, 2.45) is 0 Å². The van der Waals surface area contributed by atoms with Gasteiger partial charge in [-0.15, -0.1) is 0 Å². The number of para-hydroxylation sites is 1. The molecule has 1 heteroatoms. The Morgan fingerprint density at radius 3 is 2.57 bits per heavy atom. The Bertz CT molecular complexity index is 361. The highest BCUT2D eigenvalue weighted by Crippen LogP contribution is 2.19. The number of rotatable bonds is 4. The minimum Gasteiger partial charge on any atom is -0.508 e. The van der Waals surface area contributed by atoms with Crippen LogP contribution in [0.4, 0.5) is 0 Å². The SMILES string of the molecule is C=C/C=C(\C=C)Cc1ccccc1O. The maximum absolute atomic E-state index is 9.54. The van der Waals surface area contributed by atoms with E-state index in [2.05, 4.69) is 13.2 Å². The number of hydrogen-bond acceptors (Lipinski definition) is 1. The number of allylic oxidation sites excluding steroid dienone is 4. The topological polar surface area (TPSA) is 20.2 Å². The molecule has 0 aliphatic heterocycles. The monoisotopic (exact) mass is 186 g/mol. The Labute approximate surface area is 84.7 Å². The minimum atomic E-state index is 0.323. The zero-order valence-electron chi connectivity index (χ0n) is 8.11. The van der Waals surface area contributed by atoms with Gasteiger partial charge in [-0.3, -0.25) is 0 Å². The summed E-state index contributed by atoms with van der Waals surface area (Å²) in [7, 11) is 0. The highest BCUT2D eigenvalue weighted by Gasteiger charge is 2.00.